The van der Waals surface area contributed by atoms with Gasteiger partial charge in [-0.2, -0.15) is 0 Å². The highest BCUT2D eigenvalue weighted by atomic mass is 19.1. The Kier molecular flexibility index (Phi) is 5.84. The van der Waals surface area contributed by atoms with E-state index in [1.807, 2.05) is 13.0 Å². The fourth-order valence-electron chi connectivity index (χ4n) is 3.49. The molecule has 144 valence electrons. The Bertz CT molecular complexity index is 800. The maximum absolute atomic E-state index is 13.5. The topological polar surface area (TPSA) is 50.8 Å². The van der Waals surface area contributed by atoms with E-state index in [-0.39, 0.29) is 17.8 Å². The minimum Gasteiger partial charge on any atom is -0.496 e. The van der Waals surface area contributed by atoms with Gasteiger partial charge in [0.2, 0.25) is 0 Å². The minimum atomic E-state index is -0.252. The number of amides is 1. The summed E-state index contributed by atoms with van der Waals surface area (Å²) in [5.41, 5.74) is 2.19. The molecule has 0 aliphatic carbocycles. The molecule has 27 heavy (non-hydrogen) atoms. The molecule has 5 nitrogen and oxygen atoms in total. The smallest absolute Gasteiger partial charge is 0.251 e. The summed E-state index contributed by atoms with van der Waals surface area (Å²) in [7, 11) is 3.14. The number of piperidine rings is 1. The van der Waals surface area contributed by atoms with Crippen LogP contribution in [0, 0.1) is 12.7 Å². The molecule has 1 amide bonds. The third-order valence-electron chi connectivity index (χ3n) is 4.94. The van der Waals surface area contributed by atoms with Crippen LogP contribution in [0.4, 0.5) is 10.1 Å². The van der Waals surface area contributed by atoms with E-state index >= 15 is 0 Å². The van der Waals surface area contributed by atoms with Gasteiger partial charge >= 0.3 is 0 Å². The SMILES string of the molecule is COc1cc(C(=O)NC2CCCN(c3cccc(F)c3)C2)cc(OC)c1C. The van der Waals surface area contributed by atoms with Crippen LogP contribution in [0.15, 0.2) is 36.4 Å². The average Bonchev–Trinajstić information content (AvgIpc) is 2.68. The number of carbonyl (C=O) groups is 1. The molecule has 0 bridgehead atoms. The standard InChI is InChI=1S/C21H25FN2O3/c1-14-19(26-2)10-15(11-20(14)27-3)21(25)23-17-7-5-9-24(13-17)18-8-4-6-16(22)12-18/h4,6,8,10-12,17H,5,7,9,13H2,1-3H3,(H,23,25). The molecule has 1 heterocycles. The number of nitrogens with zero attached hydrogens (tertiary/aromatic N) is 1. The first-order valence-corrected chi connectivity index (χ1v) is 9.06. The van der Waals surface area contributed by atoms with Gasteiger partial charge in [0.25, 0.3) is 5.91 Å². The summed E-state index contributed by atoms with van der Waals surface area (Å²) >= 11 is 0. The fraction of sp³-hybridized carbons (Fsp3) is 0.381. The molecule has 1 saturated heterocycles. The number of nitrogens with one attached hydrogen (secondary N) is 1. The number of carbonyl (C=O) groups excluding carboxylic acids is 1. The van der Waals surface area contributed by atoms with Gasteiger partial charge in [0, 0.05) is 35.9 Å². The number of methoxy groups -OCH3 is 2. The molecule has 2 aromatic carbocycles. The van der Waals surface area contributed by atoms with Crippen molar-refractivity contribution in [2.24, 2.45) is 0 Å². The van der Waals surface area contributed by atoms with Gasteiger partial charge in [-0.3, -0.25) is 4.79 Å². The fourth-order valence-corrected chi connectivity index (χ4v) is 3.49. The molecule has 1 unspecified atom stereocenters. The number of ether oxygens (including phenoxy) is 2. The summed E-state index contributed by atoms with van der Waals surface area (Å²) in [6.07, 6.45) is 1.82. The second-order valence-corrected chi connectivity index (χ2v) is 6.74. The molecule has 1 atom stereocenters. The quantitative estimate of drug-likeness (QED) is 0.872. The van der Waals surface area contributed by atoms with E-state index < -0.39 is 0 Å². The first-order valence-electron chi connectivity index (χ1n) is 9.06. The zero-order chi connectivity index (χ0) is 19.4. The van der Waals surface area contributed by atoms with E-state index in [0.717, 1.165) is 30.6 Å². The normalized spacial score (nSPS) is 16.7. The predicted octanol–water partition coefficient (Wildman–Crippen LogP) is 3.55. The van der Waals surface area contributed by atoms with Crippen LogP contribution in [-0.4, -0.2) is 39.3 Å². The first kappa shape index (κ1) is 19.0. The summed E-state index contributed by atoms with van der Waals surface area (Å²) in [6.45, 7) is 3.38. The van der Waals surface area contributed by atoms with Gasteiger partial charge < -0.3 is 19.7 Å². The molecule has 1 aliphatic rings. The Hall–Kier alpha value is -2.76. The number of halogens is 1. The molecule has 1 fully saturated rings. The van der Waals surface area contributed by atoms with Gasteiger partial charge in [-0.25, -0.2) is 4.39 Å². The van der Waals surface area contributed by atoms with Crippen LogP contribution in [0.3, 0.4) is 0 Å². The lowest BCUT2D eigenvalue weighted by atomic mass is 10.0. The lowest BCUT2D eigenvalue weighted by molar-refractivity contribution is 0.0932. The van der Waals surface area contributed by atoms with Crippen LogP contribution in [0.2, 0.25) is 0 Å². The molecule has 2 aromatic rings. The van der Waals surface area contributed by atoms with Gasteiger partial charge in [-0.05, 0) is 50.1 Å². The number of benzene rings is 2. The Labute approximate surface area is 159 Å². The molecule has 0 spiro atoms. The van der Waals surface area contributed by atoms with Crippen molar-refractivity contribution in [2.45, 2.75) is 25.8 Å². The van der Waals surface area contributed by atoms with Crippen molar-refractivity contribution < 1.29 is 18.7 Å². The van der Waals surface area contributed by atoms with Crippen molar-refractivity contribution in [2.75, 3.05) is 32.2 Å². The number of hydrogen-bond donors (Lipinski definition) is 1. The molecular weight excluding hydrogens is 347 g/mol. The maximum Gasteiger partial charge on any atom is 0.251 e. The highest BCUT2D eigenvalue weighted by Gasteiger charge is 2.23. The van der Waals surface area contributed by atoms with Crippen LogP contribution in [0.5, 0.6) is 11.5 Å². The second kappa shape index (κ2) is 8.29. The van der Waals surface area contributed by atoms with Gasteiger partial charge in [-0.15, -0.1) is 0 Å². The van der Waals surface area contributed by atoms with Crippen LogP contribution in [-0.2, 0) is 0 Å². The lowest BCUT2D eigenvalue weighted by Crippen LogP contribution is -2.47. The molecule has 6 heteroatoms. The Morgan fingerprint density at radius 3 is 2.52 bits per heavy atom. The van der Waals surface area contributed by atoms with Crippen molar-refractivity contribution in [3.63, 3.8) is 0 Å². The van der Waals surface area contributed by atoms with Gasteiger partial charge in [0.05, 0.1) is 14.2 Å². The first-order chi connectivity index (χ1) is 13.0. The van der Waals surface area contributed by atoms with E-state index in [1.54, 1.807) is 32.4 Å². The monoisotopic (exact) mass is 372 g/mol. The van der Waals surface area contributed by atoms with Crippen LogP contribution >= 0.6 is 0 Å². The van der Waals surface area contributed by atoms with Crippen LogP contribution in [0.1, 0.15) is 28.8 Å². The highest BCUT2D eigenvalue weighted by Crippen LogP contribution is 2.29. The zero-order valence-corrected chi connectivity index (χ0v) is 15.9. The average molecular weight is 372 g/mol. The molecule has 1 aliphatic heterocycles. The molecule has 0 aromatic heterocycles. The highest BCUT2D eigenvalue weighted by molar-refractivity contribution is 5.95. The largest absolute Gasteiger partial charge is 0.496 e. The van der Waals surface area contributed by atoms with Gasteiger partial charge in [0.15, 0.2) is 0 Å². The third-order valence-corrected chi connectivity index (χ3v) is 4.94. The van der Waals surface area contributed by atoms with E-state index in [2.05, 4.69) is 10.2 Å². The summed E-state index contributed by atoms with van der Waals surface area (Å²) in [4.78, 5) is 14.9. The third kappa shape index (κ3) is 4.32. The van der Waals surface area contributed by atoms with E-state index in [4.69, 9.17) is 9.47 Å². The van der Waals surface area contributed by atoms with Crippen LogP contribution in [0.25, 0.3) is 0 Å². The van der Waals surface area contributed by atoms with E-state index in [1.165, 1.54) is 12.1 Å². The maximum atomic E-state index is 13.5. The van der Waals surface area contributed by atoms with Crippen molar-refractivity contribution in [3.05, 3.63) is 53.3 Å². The summed E-state index contributed by atoms with van der Waals surface area (Å²) in [6, 6.07) is 10.00. The van der Waals surface area contributed by atoms with Crippen LogP contribution < -0.4 is 19.7 Å². The summed E-state index contributed by atoms with van der Waals surface area (Å²) < 4.78 is 24.2. The van der Waals surface area contributed by atoms with E-state index in [9.17, 15) is 9.18 Å². The van der Waals surface area contributed by atoms with Crippen molar-refractivity contribution in [3.8, 4) is 11.5 Å². The Balaban J connectivity index is 1.72. The van der Waals surface area contributed by atoms with Crippen molar-refractivity contribution >= 4 is 11.6 Å². The van der Waals surface area contributed by atoms with Crippen molar-refractivity contribution in [1.29, 1.82) is 0 Å². The van der Waals surface area contributed by atoms with Gasteiger partial charge in [-0.1, -0.05) is 6.07 Å². The van der Waals surface area contributed by atoms with Gasteiger partial charge in [0.1, 0.15) is 17.3 Å². The number of anilines is 1. The summed E-state index contributed by atoms with van der Waals surface area (Å²) in [5, 5.41) is 3.09. The summed E-state index contributed by atoms with van der Waals surface area (Å²) in [5.74, 6) is 0.809. The second-order valence-electron chi connectivity index (χ2n) is 6.74. The molecule has 0 saturated carbocycles. The minimum absolute atomic E-state index is 0.00666. The number of hydrogen-bond acceptors (Lipinski definition) is 4. The molecule has 1 N–H and O–H groups in total. The molecule has 3 rings (SSSR count). The van der Waals surface area contributed by atoms with E-state index in [0.29, 0.717) is 23.6 Å². The Morgan fingerprint density at radius 2 is 1.89 bits per heavy atom. The zero-order valence-electron chi connectivity index (χ0n) is 15.9. The lowest BCUT2D eigenvalue weighted by Gasteiger charge is -2.34. The number of rotatable bonds is 5. The molecular formula is C21H25FN2O3. The van der Waals surface area contributed by atoms with Crippen molar-refractivity contribution in [1.82, 2.24) is 5.32 Å². The Morgan fingerprint density at radius 1 is 1.19 bits per heavy atom. The molecule has 0 radical (unpaired) electrons. The predicted molar refractivity (Wildman–Crippen MR) is 103 cm³/mol.